The molecule has 2 saturated heterocycles. The average molecular weight is 1040 g/mol. The molecule has 398 valence electrons. The molecular formula is C55H80N10O6S2. The Morgan fingerprint density at radius 2 is 1.19 bits per heavy atom. The van der Waals surface area contributed by atoms with E-state index in [0.29, 0.717) is 45.1 Å². The van der Waals surface area contributed by atoms with Gasteiger partial charge in [0, 0.05) is 60.5 Å². The van der Waals surface area contributed by atoms with Crippen molar-refractivity contribution in [3.63, 3.8) is 0 Å². The Kier molecular flexibility index (Phi) is 21.8. The maximum Gasteiger partial charge on any atom is 0.246 e. The molecular weight excluding hydrogens is 961 g/mol. The first-order chi connectivity index (χ1) is 34.6. The molecule has 0 aliphatic carbocycles. The molecule has 0 radical (unpaired) electrons. The number of amides is 6. The van der Waals surface area contributed by atoms with E-state index in [1.165, 1.54) is 11.3 Å². The zero-order valence-electron chi connectivity index (χ0n) is 44.5. The molecule has 3 heterocycles. The number of thiocarbonyl (C=S) groups is 1. The predicted molar refractivity (Wildman–Crippen MR) is 294 cm³/mol. The van der Waals surface area contributed by atoms with Crippen LogP contribution in [0, 0.1) is 10.8 Å². The fourth-order valence-electron chi connectivity index (χ4n) is 9.13. The van der Waals surface area contributed by atoms with Crippen molar-refractivity contribution in [1.82, 2.24) is 46.7 Å². The topological polar surface area (TPSA) is 206 Å². The van der Waals surface area contributed by atoms with Crippen LogP contribution in [0.1, 0.15) is 136 Å². The van der Waals surface area contributed by atoms with E-state index in [4.69, 9.17) is 22.2 Å². The molecule has 2 aliphatic heterocycles. The summed E-state index contributed by atoms with van der Waals surface area (Å²) < 4.78 is 0. The summed E-state index contributed by atoms with van der Waals surface area (Å²) in [6.45, 7) is 15.6. The van der Waals surface area contributed by atoms with Gasteiger partial charge in [-0.2, -0.15) is 0 Å². The van der Waals surface area contributed by atoms with Crippen LogP contribution in [0.2, 0.25) is 0 Å². The Bertz CT molecular complexity index is 2350. The molecule has 5 rings (SSSR count). The monoisotopic (exact) mass is 1040 g/mol. The molecule has 2 aliphatic rings. The van der Waals surface area contributed by atoms with Crippen LogP contribution in [0.5, 0.6) is 0 Å². The van der Waals surface area contributed by atoms with E-state index in [2.05, 4.69) is 31.9 Å². The minimum atomic E-state index is -0.817. The normalized spacial score (nSPS) is 20.2. The molecule has 2 fully saturated rings. The molecule has 9 atom stereocenters. The zero-order chi connectivity index (χ0) is 53.5. The van der Waals surface area contributed by atoms with Gasteiger partial charge in [-0.1, -0.05) is 134 Å². The summed E-state index contributed by atoms with van der Waals surface area (Å²) in [7, 11) is 3.40. The molecule has 73 heavy (non-hydrogen) atoms. The molecule has 16 nitrogen and oxygen atoms in total. The van der Waals surface area contributed by atoms with E-state index in [-0.39, 0.29) is 66.2 Å². The van der Waals surface area contributed by atoms with Crippen LogP contribution in [0.4, 0.5) is 0 Å². The highest BCUT2D eigenvalue weighted by Gasteiger charge is 2.45. The summed E-state index contributed by atoms with van der Waals surface area (Å²) in [6, 6.07) is 15.1. The number of benzene rings is 2. The zero-order valence-corrected chi connectivity index (χ0v) is 46.2. The molecule has 1 aromatic heterocycles. The van der Waals surface area contributed by atoms with Crippen LogP contribution in [0.15, 0.2) is 71.0 Å². The number of thiazole rings is 1. The average Bonchev–Trinajstić information content (AvgIpc) is 4.13. The number of hydrogen-bond acceptors (Lipinski definition) is 12. The summed E-state index contributed by atoms with van der Waals surface area (Å²) in [4.78, 5) is 95.0. The van der Waals surface area contributed by atoms with E-state index in [1.54, 1.807) is 49.3 Å². The molecule has 9 unspecified atom stereocenters. The Morgan fingerprint density at radius 1 is 0.712 bits per heavy atom. The number of carbonyl (C=O) groups excluding carboxylic acids is 6. The first-order valence-electron chi connectivity index (χ1n) is 25.8. The number of unbranched alkanes of at least 4 members (excludes halogenated alkanes) is 4. The lowest BCUT2D eigenvalue weighted by atomic mass is 9.85. The number of likely N-dealkylation sites (tertiary alicyclic amines) is 2. The quantitative estimate of drug-likeness (QED) is 0.0328. The number of nitrogens with one attached hydrogen (secondary N) is 6. The second-order valence-electron chi connectivity index (χ2n) is 21.7. The fourth-order valence-corrected chi connectivity index (χ4v) is 10.3. The van der Waals surface area contributed by atoms with Crippen LogP contribution in [0.3, 0.4) is 0 Å². The number of aromatic nitrogens is 1. The third-order valence-electron chi connectivity index (χ3n) is 13.8. The molecule has 0 saturated carbocycles. The largest absolute Gasteiger partial charge is 0.351 e. The Labute approximate surface area is 442 Å². The fraction of sp³-hybridized carbons (Fsp3) is 0.582. The SMILES string of the molecule is CNC(C)C(=O)NC(C(=O)N1CC(NC(=O)CCCCCCCC(=O)NC2CC(c3nc(-c4ccccc4)cs3)N(C(=O)C(NC(=O)C(C)NC)C(C)(C)C)C2)CC1C=NC(C=S)c1ccccc1)C(C)(C)C. The molecule has 6 amide bonds. The number of hydrogen-bond donors (Lipinski definition) is 6. The Hall–Kier alpha value is -5.43. The van der Waals surface area contributed by atoms with E-state index in [0.717, 1.165) is 41.1 Å². The maximum atomic E-state index is 14.5. The standard InChI is InChI=1S/C55H80N10O6S2/c1-35(56-9)49(68)62-47(54(3,4)5)52(70)64-31-39(28-41(64)30-58-42(33-72)37-22-16-14-17-23-37)59-45(66)26-20-12-11-13-21-27-46(67)60-40-29-44(51-61-43(34-73-51)38-24-18-15-19-25-38)65(32-40)53(71)48(55(6,7)8)63-50(69)36(2)57-10/h14-19,22-25,30,33-36,39-42,44,47-48,56-57H,11-13,20-21,26-29,31-32H2,1-10H3,(H,59,66)(H,60,67)(H,62,68)(H,63,69). The van der Waals surface area contributed by atoms with Crippen molar-refractivity contribution in [1.29, 1.82) is 0 Å². The molecule has 0 bridgehead atoms. The third kappa shape index (κ3) is 16.8. The summed E-state index contributed by atoms with van der Waals surface area (Å²) in [6.07, 6.45) is 7.21. The maximum absolute atomic E-state index is 14.5. The van der Waals surface area contributed by atoms with Crippen molar-refractivity contribution in [3.8, 4) is 11.3 Å². The minimum Gasteiger partial charge on any atom is -0.351 e. The minimum absolute atomic E-state index is 0.0842. The highest BCUT2D eigenvalue weighted by Crippen LogP contribution is 2.38. The van der Waals surface area contributed by atoms with Crippen LogP contribution < -0.4 is 31.9 Å². The second-order valence-corrected chi connectivity index (χ2v) is 22.9. The predicted octanol–water partition coefficient (Wildman–Crippen LogP) is 6.47. The lowest BCUT2D eigenvalue weighted by Crippen LogP contribution is -2.58. The number of aliphatic imine (C=N–C) groups is 1. The first-order valence-corrected chi connectivity index (χ1v) is 27.2. The van der Waals surface area contributed by atoms with Crippen molar-refractivity contribution < 1.29 is 28.8 Å². The summed E-state index contributed by atoms with van der Waals surface area (Å²) in [5.41, 5.74) is 1.54. The molecule has 3 aromatic rings. The van der Waals surface area contributed by atoms with Crippen molar-refractivity contribution >= 4 is 70.6 Å². The van der Waals surface area contributed by atoms with Gasteiger partial charge in [-0.3, -0.25) is 33.8 Å². The van der Waals surface area contributed by atoms with Crippen molar-refractivity contribution in [2.45, 2.75) is 168 Å². The smallest absolute Gasteiger partial charge is 0.246 e. The van der Waals surface area contributed by atoms with Gasteiger partial charge in [0.25, 0.3) is 0 Å². The van der Waals surface area contributed by atoms with Crippen molar-refractivity contribution in [3.05, 3.63) is 76.6 Å². The lowest BCUT2D eigenvalue weighted by Gasteiger charge is -2.36. The van der Waals surface area contributed by atoms with Gasteiger partial charge in [0.15, 0.2) is 0 Å². The third-order valence-corrected chi connectivity index (χ3v) is 15.0. The van der Waals surface area contributed by atoms with Gasteiger partial charge >= 0.3 is 0 Å². The molecule has 0 spiro atoms. The number of rotatable bonds is 24. The first kappa shape index (κ1) is 58.5. The number of carbonyl (C=O) groups is 6. The highest BCUT2D eigenvalue weighted by molar-refractivity contribution is 7.79. The van der Waals surface area contributed by atoms with E-state index < -0.39 is 41.0 Å². The van der Waals surface area contributed by atoms with Gasteiger partial charge in [-0.05, 0) is 70.0 Å². The lowest BCUT2D eigenvalue weighted by molar-refractivity contribution is -0.140. The van der Waals surface area contributed by atoms with E-state index >= 15 is 0 Å². The summed E-state index contributed by atoms with van der Waals surface area (Å²) in [5, 5.41) is 22.6. The summed E-state index contributed by atoms with van der Waals surface area (Å²) >= 11 is 6.83. The summed E-state index contributed by atoms with van der Waals surface area (Å²) in [5.74, 6) is -1.18. The van der Waals surface area contributed by atoms with E-state index in [9.17, 15) is 28.8 Å². The Morgan fingerprint density at radius 3 is 1.70 bits per heavy atom. The molecule has 18 heteroatoms. The van der Waals surface area contributed by atoms with Gasteiger partial charge in [0.05, 0.1) is 29.9 Å². The van der Waals surface area contributed by atoms with E-state index in [1.807, 2.05) is 108 Å². The van der Waals surface area contributed by atoms with Crippen molar-refractivity contribution in [2.75, 3.05) is 27.2 Å². The van der Waals surface area contributed by atoms with Gasteiger partial charge in [0.2, 0.25) is 35.4 Å². The van der Waals surface area contributed by atoms with Crippen LogP contribution in [0.25, 0.3) is 11.3 Å². The number of nitrogens with zero attached hydrogens (tertiary/aromatic N) is 4. The van der Waals surface area contributed by atoms with Crippen molar-refractivity contribution in [2.24, 2.45) is 15.8 Å². The van der Waals surface area contributed by atoms with Gasteiger partial charge in [-0.25, -0.2) is 4.98 Å². The van der Waals surface area contributed by atoms with Gasteiger partial charge in [0.1, 0.15) is 23.1 Å². The van der Waals surface area contributed by atoms with Gasteiger partial charge < -0.3 is 41.7 Å². The molecule has 2 aromatic carbocycles. The van der Waals surface area contributed by atoms with Crippen LogP contribution >= 0.6 is 23.6 Å². The number of likely N-dealkylation sites (N-methyl/N-ethyl adjacent to an activating group) is 2. The second kappa shape index (κ2) is 27.2. The van der Waals surface area contributed by atoms with Gasteiger partial charge in [-0.15, -0.1) is 11.3 Å². The highest BCUT2D eigenvalue weighted by atomic mass is 32.1. The van der Waals surface area contributed by atoms with Crippen LogP contribution in [-0.4, -0.2) is 131 Å². The molecule has 6 N–H and O–H groups in total. The Balaban J connectivity index is 1.13. The van der Waals surface area contributed by atoms with Crippen LogP contribution in [-0.2, 0) is 28.8 Å².